The number of aliphatic hydroxyl groups excluding tert-OH is 2. The van der Waals surface area contributed by atoms with Gasteiger partial charge >= 0.3 is 5.97 Å². The van der Waals surface area contributed by atoms with Gasteiger partial charge in [-0.25, -0.2) is 4.79 Å². The van der Waals surface area contributed by atoms with Crippen LogP contribution in [0, 0.1) is 11.3 Å². The van der Waals surface area contributed by atoms with Gasteiger partial charge in [0, 0.05) is 6.42 Å². The van der Waals surface area contributed by atoms with Gasteiger partial charge in [0.1, 0.15) is 12.7 Å². The largest absolute Gasteiger partial charge is 0.461 e. The van der Waals surface area contributed by atoms with Crippen LogP contribution in [-0.2, 0) is 14.3 Å². The Bertz CT molecular complexity index is 862. The van der Waals surface area contributed by atoms with E-state index < -0.39 is 12.2 Å². The maximum absolute atomic E-state index is 12.3. The molecule has 188 valence electrons. The van der Waals surface area contributed by atoms with E-state index in [4.69, 9.17) is 9.47 Å². The molecule has 0 heterocycles. The van der Waals surface area contributed by atoms with Crippen LogP contribution in [0.25, 0.3) is 0 Å². The molecule has 4 rings (SSSR count). The van der Waals surface area contributed by atoms with Crippen molar-refractivity contribution in [2.24, 2.45) is 11.3 Å². The van der Waals surface area contributed by atoms with Crippen molar-refractivity contribution in [1.82, 2.24) is 0 Å². The molecule has 0 bridgehead atoms. The minimum Gasteiger partial charge on any atom is -0.461 e. The molecule has 0 saturated heterocycles. The van der Waals surface area contributed by atoms with Crippen molar-refractivity contribution in [3.8, 4) is 0 Å². The topological polar surface area (TPSA) is 76.0 Å². The second-order valence-electron chi connectivity index (χ2n) is 11.0. The van der Waals surface area contributed by atoms with E-state index >= 15 is 0 Å². The molecule has 2 N–H and O–H groups in total. The molecule has 0 aromatic rings. The van der Waals surface area contributed by atoms with Crippen molar-refractivity contribution in [3.63, 3.8) is 0 Å². The molecule has 0 spiro atoms. The van der Waals surface area contributed by atoms with Gasteiger partial charge in [0.05, 0.1) is 18.3 Å². The smallest absolute Gasteiger partial charge is 0.332 e. The first-order valence-electron chi connectivity index (χ1n) is 13.2. The van der Waals surface area contributed by atoms with Crippen LogP contribution in [0.1, 0.15) is 84.5 Å². The quantitative estimate of drug-likeness (QED) is 0.405. The maximum Gasteiger partial charge on any atom is 0.332 e. The Morgan fingerprint density at radius 1 is 1.24 bits per heavy atom. The molecule has 4 aliphatic carbocycles. The summed E-state index contributed by atoms with van der Waals surface area (Å²) in [4.78, 5) is 12.3. The van der Waals surface area contributed by atoms with Crippen LogP contribution in [0.3, 0.4) is 0 Å². The third kappa shape index (κ3) is 5.58. The van der Waals surface area contributed by atoms with E-state index in [9.17, 15) is 15.0 Å². The number of rotatable bonds is 6. The first-order chi connectivity index (χ1) is 16.3. The number of aliphatic hydroxyl groups is 2. The van der Waals surface area contributed by atoms with Gasteiger partial charge in [0.2, 0.25) is 0 Å². The van der Waals surface area contributed by atoms with E-state index in [1.54, 1.807) is 0 Å². The molecule has 0 aromatic carbocycles. The normalized spacial score (nSPS) is 35.8. The van der Waals surface area contributed by atoms with E-state index in [2.05, 4.69) is 38.7 Å². The summed E-state index contributed by atoms with van der Waals surface area (Å²) in [6.07, 6.45) is 16.0. The van der Waals surface area contributed by atoms with Crippen molar-refractivity contribution in [2.75, 3.05) is 6.61 Å². The summed E-state index contributed by atoms with van der Waals surface area (Å²) in [5.74, 6) is 0.173. The molecule has 4 aliphatic rings. The highest BCUT2D eigenvalue weighted by Crippen LogP contribution is 2.55. The Morgan fingerprint density at radius 2 is 2.00 bits per heavy atom. The predicted molar refractivity (Wildman–Crippen MR) is 133 cm³/mol. The van der Waals surface area contributed by atoms with E-state index in [-0.39, 0.29) is 30.2 Å². The van der Waals surface area contributed by atoms with Crippen molar-refractivity contribution >= 4 is 5.97 Å². The number of fused-ring (bicyclic) bond motifs is 1. The number of allylic oxidation sites excluding steroid dienone is 4. The van der Waals surface area contributed by atoms with Gasteiger partial charge in [-0.2, -0.15) is 0 Å². The zero-order valence-electron chi connectivity index (χ0n) is 20.9. The SMILES string of the molecule is C=C1C(=CC=C2CCC[C@]3(C)C([C@H](C)OCC(=O)OC4CCCCC4)=CC[C@@H]23)C[C@@H](O)C[C@@H]1O. The molecule has 3 fully saturated rings. The second kappa shape index (κ2) is 10.9. The van der Waals surface area contributed by atoms with Gasteiger partial charge in [-0.3, -0.25) is 0 Å². The van der Waals surface area contributed by atoms with Crippen LogP contribution in [0.4, 0.5) is 0 Å². The number of ether oxygens (including phenoxy) is 2. The fourth-order valence-electron chi connectivity index (χ4n) is 6.63. The highest BCUT2D eigenvalue weighted by molar-refractivity contribution is 5.71. The summed E-state index contributed by atoms with van der Waals surface area (Å²) >= 11 is 0. The molecule has 5 nitrogen and oxygen atoms in total. The molecular weight excluding hydrogens is 428 g/mol. The Labute approximate surface area is 204 Å². The first-order valence-corrected chi connectivity index (χ1v) is 13.2. The Hall–Kier alpha value is -1.69. The lowest BCUT2D eigenvalue weighted by atomic mass is 9.63. The molecule has 5 atom stereocenters. The molecule has 34 heavy (non-hydrogen) atoms. The van der Waals surface area contributed by atoms with Crippen molar-refractivity contribution in [1.29, 1.82) is 0 Å². The van der Waals surface area contributed by atoms with Crippen molar-refractivity contribution in [2.45, 2.75) is 109 Å². The molecule has 0 aromatic heterocycles. The molecule has 3 saturated carbocycles. The zero-order chi connectivity index (χ0) is 24.3. The van der Waals surface area contributed by atoms with Crippen LogP contribution in [0.5, 0.6) is 0 Å². The van der Waals surface area contributed by atoms with Crippen LogP contribution < -0.4 is 0 Å². The van der Waals surface area contributed by atoms with Gasteiger partial charge in [-0.05, 0) is 92.8 Å². The summed E-state index contributed by atoms with van der Waals surface area (Å²) in [7, 11) is 0. The third-order valence-corrected chi connectivity index (χ3v) is 8.61. The molecule has 5 heteroatoms. The standard InChI is InChI=1S/C29H42O5/c1-19-22(16-23(30)17-27(19)31)12-11-21-8-7-15-29(3)25(13-14-26(21)29)20(2)33-18-28(32)34-24-9-5-4-6-10-24/h11-13,20,23-24,26-27,30-31H,1,4-10,14-18H2,2-3H3/t20-,23+,26-,27-,29+/m0/s1. The molecular formula is C29H42O5. The fourth-order valence-corrected chi connectivity index (χ4v) is 6.63. The predicted octanol–water partition coefficient (Wildman–Crippen LogP) is 5.33. The Morgan fingerprint density at radius 3 is 2.76 bits per heavy atom. The van der Waals surface area contributed by atoms with Gasteiger partial charge < -0.3 is 19.7 Å². The van der Waals surface area contributed by atoms with E-state index in [0.29, 0.717) is 18.8 Å². The van der Waals surface area contributed by atoms with Crippen LogP contribution in [-0.4, -0.2) is 47.2 Å². The van der Waals surface area contributed by atoms with Crippen molar-refractivity contribution in [3.05, 3.63) is 47.1 Å². The first kappa shape index (κ1) is 25.4. The third-order valence-electron chi connectivity index (χ3n) is 8.61. The van der Waals surface area contributed by atoms with Gasteiger partial charge in [-0.15, -0.1) is 0 Å². The van der Waals surface area contributed by atoms with Gasteiger partial charge in [0.25, 0.3) is 0 Å². The Balaban J connectivity index is 1.37. The number of hydrogen-bond donors (Lipinski definition) is 2. The van der Waals surface area contributed by atoms with E-state index in [1.165, 1.54) is 17.6 Å². The summed E-state index contributed by atoms with van der Waals surface area (Å²) in [6, 6.07) is 0. The van der Waals surface area contributed by atoms with Crippen LogP contribution in [0.15, 0.2) is 47.1 Å². The average molecular weight is 471 g/mol. The minimum absolute atomic E-state index is 0.0112. The highest BCUT2D eigenvalue weighted by Gasteiger charge is 2.46. The molecule has 0 amide bonds. The monoisotopic (exact) mass is 470 g/mol. The van der Waals surface area contributed by atoms with Gasteiger partial charge in [0.15, 0.2) is 0 Å². The lowest BCUT2D eigenvalue weighted by Crippen LogP contribution is -2.35. The molecule has 0 unspecified atom stereocenters. The average Bonchev–Trinajstić information content (AvgIpc) is 3.17. The highest BCUT2D eigenvalue weighted by atomic mass is 16.6. The summed E-state index contributed by atoms with van der Waals surface area (Å²) < 4.78 is 11.7. The molecule has 0 aliphatic heterocycles. The van der Waals surface area contributed by atoms with E-state index in [0.717, 1.165) is 62.5 Å². The lowest BCUT2D eigenvalue weighted by Gasteiger charge is -2.42. The number of carbonyl (C=O) groups excluding carboxylic acids is 1. The van der Waals surface area contributed by atoms with Gasteiger partial charge in [-0.1, -0.05) is 43.7 Å². The summed E-state index contributed by atoms with van der Waals surface area (Å²) in [5.41, 5.74) is 4.42. The fraction of sp³-hybridized carbons (Fsp3) is 0.690. The van der Waals surface area contributed by atoms with E-state index in [1.807, 2.05) is 0 Å². The number of hydrogen-bond acceptors (Lipinski definition) is 5. The van der Waals surface area contributed by atoms with Crippen LogP contribution >= 0.6 is 0 Å². The molecule has 0 radical (unpaired) electrons. The number of carbonyl (C=O) groups is 1. The summed E-state index contributed by atoms with van der Waals surface area (Å²) in [6.45, 7) is 8.44. The minimum atomic E-state index is -0.660. The summed E-state index contributed by atoms with van der Waals surface area (Å²) in [5, 5.41) is 20.2. The second-order valence-corrected chi connectivity index (χ2v) is 11.0. The lowest BCUT2D eigenvalue weighted by molar-refractivity contribution is -0.157. The number of esters is 1. The zero-order valence-corrected chi connectivity index (χ0v) is 20.9. The Kier molecular flexibility index (Phi) is 8.16. The maximum atomic E-state index is 12.3. The van der Waals surface area contributed by atoms with Crippen LogP contribution in [0.2, 0.25) is 0 Å². The van der Waals surface area contributed by atoms with Crippen molar-refractivity contribution < 1.29 is 24.5 Å².